The number of nitrogens with zero attached hydrogens (tertiary/aromatic N) is 3. The van der Waals surface area contributed by atoms with Crippen LogP contribution in [0.3, 0.4) is 0 Å². The molecule has 0 bridgehead atoms. The van der Waals surface area contributed by atoms with E-state index in [1.165, 1.54) is 23.5 Å². The van der Waals surface area contributed by atoms with Crippen molar-refractivity contribution in [2.75, 3.05) is 6.54 Å². The molecule has 1 aromatic carbocycles. The summed E-state index contributed by atoms with van der Waals surface area (Å²) < 4.78 is 7.16. The predicted molar refractivity (Wildman–Crippen MR) is 105 cm³/mol. The number of carbonyl (C=O) groups excluding carboxylic acids is 1. The molecule has 3 rings (SSSR count). The fraction of sp³-hybridized carbons (Fsp3) is 0.105. The van der Waals surface area contributed by atoms with Crippen LogP contribution in [-0.4, -0.2) is 28.4 Å². The van der Waals surface area contributed by atoms with Crippen molar-refractivity contribution in [1.82, 2.24) is 4.68 Å². The minimum atomic E-state index is -0.706. The number of furan rings is 1. The van der Waals surface area contributed by atoms with E-state index in [-0.39, 0.29) is 11.3 Å². The maximum atomic E-state index is 11.5. The molecule has 0 aliphatic heterocycles. The first-order valence-corrected chi connectivity index (χ1v) is 8.93. The van der Waals surface area contributed by atoms with Gasteiger partial charge in [-0.25, -0.2) is 4.68 Å². The van der Waals surface area contributed by atoms with Gasteiger partial charge < -0.3 is 15.3 Å². The Kier molecular flexibility index (Phi) is 5.37. The van der Waals surface area contributed by atoms with Crippen molar-refractivity contribution in [2.24, 2.45) is 15.8 Å². The zero-order valence-electron chi connectivity index (χ0n) is 14.6. The van der Waals surface area contributed by atoms with Crippen LogP contribution in [0, 0.1) is 6.92 Å². The largest absolute Gasteiger partial charge is 0.507 e. The summed E-state index contributed by atoms with van der Waals surface area (Å²) in [6.45, 7) is 5.97. The first-order valence-electron chi connectivity index (χ1n) is 8.05. The van der Waals surface area contributed by atoms with Crippen molar-refractivity contribution in [3.8, 4) is 17.0 Å². The van der Waals surface area contributed by atoms with Crippen LogP contribution in [0.4, 0.5) is 0 Å². The van der Waals surface area contributed by atoms with Crippen LogP contribution in [0.25, 0.3) is 11.3 Å². The summed E-state index contributed by atoms with van der Waals surface area (Å²) in [5, 5.41) is 16.2. The molecule has 2 aromatic heterocycles. The highest BCUT2D eigenvalue weighted by molar-refractivity contribution is 7.07. The molecular formula is C19H18N4O3S. The van der Waals surface area contributed by atoms with Crippen LogP contribution in [0.1, 0.15) is 21.9 Å². The molecule has 0 aliphatic rings. The van der Waals surface area contributed by atoms with E-state index in [1.807, 2.05) is 24.4 Å². The standard InChI is InChI=1S/C19H18N4O3S/c1-3-8-21-19-23(22-10-14-6-4-12(2)26-14)16(11-27-19)13-5-7-17(24)15(9-13)18(20)25/h3-7,9-11,24H,1,8H2,2H3,(H2,20,25)/b21-19?,22-10+. The average Bonchev–Trinajstić information content (AvgIpc) is 3.24. The molecule has 0 spiro atoms. The maximum Gasteiger partial charge on any atom is 0.252 e. The molecule has 0 aliphatic carbocycles. The summed E-state index contributed by atoms with van der Waals surface area (Å²) in [6, 6.07) is 8.31. The van der Waals surface area contributed by atoms with E-state index in [1.54, 1.807) is 23.0 Å². The van der Waals surface area contributed by atoms with Gasteiger partial charge >= 0.3 is 0 Å². The lowest BCUT2D eigenvalue weighted by atomic mass is 10.1. The average molecular weight is 382 g/mol. The number of phenols is 1. The van der Waals surface area contributed by atoms with Crippen molar-refractivity contribution < 1.29 is 14.3 Å². The van der Waals surface area contributed by atoms with Crippen LogP contribution in [0.5, 0.6) is 5.75 Å². The summed E-state index contributed by atoms with van der Waals surface area (Å²) in [4.78, 5) is 16.6. The Balaban J connectivity index is 2.12. The zero-order chi connectivity index (χ0) is 19.4. The monoisotopic (exact) mass is 382 g/mol. The molecule has 0 fully saturated rings. The molecule has 2 heterocycles. The van der Waals surface area contributed by atoms with Gasteiger partial charge in [0.25, 0.3) is 5.91 Å². The van der Waals surface area contributed by atoms with Crippen molar-refractivity contribution in [1.29, 1.82) is 0 Å². The number of rotatable bonds is 6. The highest BCUT2D eigenvalue weighted by atomic mass is 32.1. The number of hydrogen-bond acceptors (Lipinski definition) is 6. The number of carbonyl (C=O) groups is 1. The molecule has 3 N–H and O–H groups in total. The number of primary amides is 1. The van der Waals surface area contributed by atoms with Gasteiger partial charge in [-0.15, -0.1) is 17.9 Å². The van der Waals surface area contributed by atoms with Gasteiger partial charge in [-0.1, -0.05) is 6.08 Å². The molecule has 138 valence electrons. The van der Waals surface area contributed by atoms with E-state index >= 15 is 0 Å². The van der Waals surface area contributed by atoms with Crippen molar-refractivity contribution >= 4 is 23.5 Å². The Bertz CT molecular complexity index is 1090. The fourth-order valence-electron chi connectivity index (χ4n) is 2.39. The molecule has 0 saturated heterocycles. The van der Waals surface area contributed by atoms with E-state index in [0.717, 1.165) is 5.76 Å². The highest BCUT2D eigenvalue weighted by Gasteiger charge is 2.13. The topological polar surface area (TPSA) is 106 Å². The number of nitrogens with two attached hydrogens (primary N) is 1. The Morgan fingerprint density at radius 1 is 1.41 bits per heavy atom. The predicted octanol–water partition coefficient (Wildman–Crippen LogP) is 2.89. The Morgan fingerprint density at radius 2 is 2.22 bits per heavy atom. The molecule has 7 nitrogen and oxygen atoms in total. The van der Waals surface area contributed by atoms with E-state index in [9.17, 15) is 9.90 Å². The SMILES string of the molecule is C=CCN=c1scc(-c2ccc(O)c(C(N)=O)c2)n1/N=C/c1ccc(C)o1. The summed E-state index contributed by atoms with van der Waals surface area (Å²) in [6.07, 6.45) is 3.28. The normalized spacial score (nSPS) is 12.0. The summed E-state index contributed by atoms with van der Waals surface area (Å²) >= 11 is 1.40. The Labute approximate surface area is 159 Å². The molecule has 0 radical (unpaired) electrons. The van der Waals surface area contributed by atoms with Gasteiger partial charge in [0, 0.05) is 10.9 Å². The summed E-state index contributed by atoms with van der Waals surface area (Å²) in [7, 11) is 0. The van der Waals surface area contributed by atoms with Crippen LogP contribution in [0.15, 0.2) is 62.9 Å². The highest BCUT2D eigenvalue weighted by Crippen LogP contribution is 2.26. The molecule has 0 atom stereocenters. The lowest BCUT2D eigenvalue weighted by molar-refractivity contribution is 0.0998. The summed E-state index contributed by atoms with van der Waals surface area (Å²) in [5.41, 5.74) is 6.75. The van der Waals surface area contributed by atoms with Gasteiger partial charge in [-0.05, 0) is 37.3 Å². The number of hydrogen-bond donors (Lipinski definition) is 2. The van der Waals surface area contributed by atoms with Crippen molar-refractivity contribution in [3.63, 3.8) is 0 Å². The second-order valence-electron chi connectivity index (χ2n) is 5.63. The Hall–Kier alpha value is -3.39. The maximum absolute atomic E-state index is 11.5. The first-order chi connectivity index (χ1) is 13.0. The van der Waals surface area contributed by atoms with Crippen LogP contribution in [0.2, 0.25) is 0 Å². The lowest BCUT2D eigenvalue weighted by Crippen LogP contribution is -2.13. The molecule has 27 heavy (non-hydrogen) atoms. The van der Waals surface area contributed by atoms with Crippen LogP contribution in [-0.2, 0) is 0 Å². The molecule has 1 amide bonds. The fourth-order valence-corrected chi connectivity index (χ4v) is 3.24. The quantitative estimate of drug-likeness (QED) is 0.506. The van der Waals surface area contributed by atoms with Gasteiger partial charge in [-0.3, -0.25) is 9.79 Å². The minimum Gasteiger partial charge on any atom is -0.507 e. The van der Waals surface area contributed by atoms with Crippen LogP contribution < -0.4 is 10.5 Å². The molecule has 0 unspecified atom stereocenters. The molecule has 0 saturated carbocycles. The second kappa shape index (κ2) is 7.88. The van der Waals surface area contributed by atoms with Crippen LogP contribution >= 0.6 is 11.3 Å². The van der Waals surface area contributed by atoms with Gasteiger partial charge in [0.05, 0.1) is 24.0 Å². The van der Waals surface area contributed by atoms with Gasteiger partial charge in [0.1, 0.15) is 17.3 Å². The minimum absolute atomic E-state index is 0.0421. The van der Waals surface area contributed by atoms with Gasteiger partial charge in [-0.2, -0.15) is 5.10 Å². The van der Waals surface area contributed by atoms with E-state index in [2.05, 4.69) is 16.7 Å². The zero-order valence-corrected chi connectivity index (χ0v) is 15.4. The number of aryl methyl sites for hydroxylation is 1. The third-order valence-electron chi connectivity index (χ3n) is 3.66. The van der Waals surface area contributed by atoms with Gasteiger partial charge in [0.15, 0.2) is 0 Å². The van der Waals surface area contributed by atoms with E-state index in [4.69, 9.17) is 10.2 Å². The molecular weight excluding hydrogens is 364 g/mol. The number of thiazole rings is 1. The molecule has 3 aromatic rings. The van der Waals surface area contributed by atoms with E-state index < -0.39 is 5.91 Å². The number of benzene rings is 1. The molecule has 8 heteroatoms. The number of amides is 1. The van der Waals surface area contributed by atoms with Gasteiger partial charge in [0.2, 0.25) is 4.80 Å². The summed E-state index contributed by atoms with van der Waals surface area (Å²) in [5.74, 6) is 0.518. The second-order valence-corrected chi connectivity index (χ2v) is 6.47. The number of aromatic hydroxyl groups is 1. The third kappa shape index (κ3) is 4.06. The number of aromatic nitrogens is 1. The Morgan fingerprint density at radius 3 is 2.89 bits per heavy atom. The van der Waals surface area contributed by atoms with Crippen molar-refractivity contribution in [2.45, 2.75) is 6.92 Å². The smallest absolute Gasteiger partial charge is 0.252 e. The lowest BCUT2D eigenvalue weighted by Gasteiger charge is -2.06. The van der Waals surface area contributed by atoms with E-state index in [0.29, 0.717) is 28.4 Å². The van der Waals surface area contributed by atoms with Crippen molar-refractivity contribution in [3.05, 3.63) is 70.3 Å². The third-order valence-corrected chi connectivity index (χ3v) is 4.51. The first kappa shape index (κ1) is 18.4.